The van der Waals surface area contributed by atoms with Crippen LogP contribution in [0.2, 0.25) is 5.02 Å². The highest BCUT2D eigenvalue weighted by molar-refractivity contribution is 6.32. The summed E-state index contributed by atoms with van der Waals surface area (Å²) in [5.74, 6) is 0.0130. The highest BCUT2D eigenvalue weighted by Gasteiger charge is 2.17. The number of hydrogen-bond acceptors (Lipinski definition) is 2. The summed E-state index contributed by atoms with van der Waals surface area (Å²) in [6.45, 7) is 6.29. The van der Waals surface area contributed by atoms with Gasteiger partial charge in [-0.15, -0.1) is 0 Å². The summed E-state index contributed by atoms with van der Waals surface area (Å²) in [5.41, 5.74) is 2.56. The first-order valence-electron chi connectivity index (χ1n) is 7.17. The second kappa shape index (κ2) is 6.80. The Labute approximate surface area is 136 Å². The van der Waals surface area contributed by atoms with Gasteiger partial charge < -0.3 is 5.11 Å². The summed E-state index contributed by atoms with van der Waals surface area (Å²) in [5, 5.41) is 10.4. The lowest BCUT2D eigenvalue weighted by atomic mass is 9.87. The molecule has 3 heteroatoms. The van der Waals surface area contributed by atoms with Gasteiger partial charge in [-0.2, -0.15) is 0 Å². The molecular weight excluding hydrogens is 294 g/mol. The maximum atomic E-state index is 10.0. The van der Waals surface area contributed by atoms with Crippen molar-refractivity contribution in [2.45, 2.75) is 26.2 Å². The first-order valence-corrected chi connectivity index (χ1v) is 7.54. The Morgan fingerprint density at radius 2 is 1.77 bits per heavy atom. The zero-order chi connectivity index (χ0) is 16.2. The second-order valence-corrected chi connectivity index (χ2v) is 6.53. The molecule has 0 radical (unpaired) electrons. The molecule has 2 rings (SSSR count). The van der Waals surface area contributed by atoms with Gasteiger partial charge in [0.15, 0.2) is 5.75 Å². The van der Waals surface area contributed by atoms with Crippen LogP contribution in [0.25, 0.3) is 6.08 Å². The molecule has 2 aromatic carbocycles. The first kappa shape index (κ1) is 16.3. The minimum atomic E-state index is -0.0541. The van der Waals surface area contributed by atoms with Crippen LogP contribution in [0, 0.1) is 0 Å². The van der Waals surface area contributed by atoms with Gasteiger partial charge in [-0.3, -0.25) is 4.99 Å². The molecule has 2 aromatic rings. The summed E-state index contributed by atoms with van der Waals surface area (Å²) in [7, 11) is 0. The molecule has 0 saturated carbocycles. The van der Waals surface area contributed by atoms with E-state index in [-0.39, 0.29) is 11.2 Å². The average Bonchev–Trinajstić information content (AvgIpc) is 2.47. The summed E-state index contributed by atoms with van der Waals surface area (Å²) in [6.07, 6.45) is 5.45. The third-order valence-electron chi connectivity index (χ3n) is 3.30. The molecule has 1 N–H and O–H groups in total. The zero-order valence-electron chi connectivity index (χ0n) is 13.0. The molecule has 0 aliphatic rings. The molecular formula is C19H20ClNO. The number of aromatic hydroxyl groups is 1. The number of hydrogen-bond donors (Lipinski definition) is 1. The molecule has 0 heterocycles. The minimum Gasteiger partial charge on any atom is -0.504 e. The fourth-order valence-corrected chi connectivity index (χ4v) is 2.17. The Kier molecular flexibility index (Phi) is 5.04. The fraction of sp³-hybridized carbons (Fsp3) is 0.211. The summed E-state index contributed by atoms with van der Waals surface area (Å²) < 4.78 is 0. The van der Waals surface area contributed by atoms with Crippen LogP contribution in [-0.4, -0.2) is 11.3 Å². The van der Waals surface area contributed by atoms with E-state index in [0.717, 1.165) is 11.1 Å². The number of halogens is 1. The van der Waals surface area contributed by atoms with Crippen molar-refractivity contribution in [2.75, 3.05) is 0 Å². The van der Waals surface area contributed by atoms with Crippen molar-refractivity contribution in [3.05, 3.63) is 64.7 Å². The van der Waals surface area contributed by atoms with E-state index in [1.165, 1.54) is 0 Å². The largest absolute Gasteiger partial charge is 0.504 e. The van der Waals surface area contributed by atoms with Crippen LogP contribution in [0.3, 0.4) is 0 Å². The van der Waals surface area contributed by atoms with Crippen molar-refractivity contribution in [2.24, 2.45) is 4.99 Å². The summed E-state index contributed by atoms with van der Waals surface area (Å²) in [4.78, 5) is 4.31. The van der Waals surface area contributed by atoms with Crippen molar-refractivity contribution in [3.63, 3.8) is 0 Å². The smallest absolute Gasteiger partial charge is 0.159 e. The lowest BCUT2D eigenvalue weighted by molar-refractivity contribution is 0.476. The number of benzene rings is 2. The Bertz CT molecular complexity index is 697. The number of allylic oxidation sites excluding steroid dienone is 1. The normalized spacial score (nSPS) is 12.4. The highest BCUT2D eigenvalue weighted by Crippen LogP contribution is 2.38. The lowest BCUT2D eigenvalue weighted by Crippen LogP contribution is -2.10. The molecule has 22 heavy (non-hydrogen) atoms. The van der Waals surface area contributed by atoms with Crippen LogP contribution >= 0.6 is 11.6 Å². The van der Waals surface area contributed by atoms with E-state index in [0.29, 0.717) is 10.7 Å². The van der Waals surface area contributed by atoms with Crippen LogP contribution in [-0.2, 0) is 5.41 Å². The third kappa shape index (κ3) is 4.22. The molecule has 0 unspecified atom stereocenters. The van der Waals surface area contributed by atoms with Crippen molar-refractivity contribution in [3.8, 4) is 5.75 Å². The maximum absolute atomic E-state index is 10.0. The number of aliphatic imine (C=N–C) groups is 1. The van der Waals surface area contributed by atoms with Crippen molar-refractivity contribution < 1.29 is 5.11 Å². The van der Waals surface area contributed by atoms with E-state index in [1.54, 1.807) is 12.3 Å². The molecule has 0 saturated heterocycles. The van der Waals surface area contributed by atoms with Gasteiger partial charge in [0.1, 0.15) is 5.69 Å². The molecule has 0 aliphatic carbocycles. The number of nitrogens with zero attached hydrogens (tertiary/aromatic N) is 1. The van der Waals surface area contributed by atoms with Gasteiger partial charge in [0, 0.05) is 6.21 Å². The molecule has 0 atom stereocenters. The van der Waals surface area contributed by atoms with Gasteiger partial charge in [-0.25, -0.2) is 0 Å². The molecule has 0 bridgehead atoms. The predicted octanol–water partition coefficient (Wildman–Crippen LogP) is 5.76. The molecule has 114 valence electrons. The lowest BCUT2D eigenvalue weighted by Gasteiger charge is -2.20. The standard InChI is InChI=1S/C19H20ClNO/c1-19(2,3)15-12-16(20)18(22)17(13-15)21-11-7-10-14-8-5-4-6-9-14/h4-13,22H,1-3H3. The van der Waals surface area contributed by atoms with Crippen molar-refractivity contribution >= 4 is 29.6 Å². The van der Waals surface area contributed by atoms with Gasteiger partial charge in [-0.1, -0.05) is 68.8 Å². The van der Waals surface area contributed by atoms with Crippen molar-refractivity contribution in [1.82, 2.24) is 0 Å². The maximum Gasteiger partial charge on any atom is 0.159 e. The molecule has 2 nitrogen and oxygen atoms in total. The first-order chi connectivity index (χ1) is 10.4. The Morgan fingerprint density at radius 1 is 1.09 bits per heavy atom. The van der Waals surface area contributed by atoms with Gasteiger partial charge in [0.05, 0.1) is 5.02 Å². The molecule has 0 aliphatic heterocycles. The Morgan fingerprint density at radius 3 is 2.41 bits per heavy atom. The Balaban J connectivity index is 2.24. The van der Waals surface area contributed by atoms with Gasteiger partial charge in [-0.05, 0) is 34.8 Å². The fourth-order valence-electron chi connectivity index (χ4n) is 1.96. The number of rotatable bonds is 3. The van der Waals surface area contributed by atoms with E-state index in [4.69, 9.17) is 11.6 Å². The van der Waals surface area contributed by atoms with Gasteiger partial charge in [0.25, 0.3) is 0 Å². The zero-order valence-corrected chi connectivity index (χ0v) is 13.8. The average molecular weight is 314 g/mol. The molecule has 0 spiro atoms. The topological polar surface area (TPSA) is 32.6 Å². The summed E-state index contributed by atoms with van der Waals surface area (Å²) in [6, 6.07) is 13.6. The second-order valence-electron chi connectivity index (χ2n) is 6.12. The van der Waals surface area contributed by atoms with Crippen molar-refractivity contribution in [1.29, 1.82) is 0 Å². The van der Waals surface area contributed by atoms with Crippen LogP contribution in [0.5, 0.6) is 5.75 Å². The number of phenolic OH excluding ortho intramolecular Hbond substituents is 1. The van der Waals surface area contributed by atoms with E-state index >= 15 is 0 Å². The van der Waals surface area contributed by atoms with Gasteiger partial charge in [0.2, 0.25) is 0 Å². The van der Waals surface area contributed by atoms with E-state index in [1.807, 2.05) is 48.6 Å². The van der Waals surface area contributed by atoms with E-state index in [2.05, 4.69) is 25.8 Å². The molecule has 0 fully saturated rings. The SMILES string of the molecule is CC(C)(C)c1cc(Cl)c(O)c(N=CC=Cc2ccccc2)c1. The quantitative estimate of drug-likeness (QED) is 0.718. The Hall–Kier alpha value is -2.06. The van der Waals surface area contributed by atoms with Crippen LogP contribution < -0.4 is 0 Å². The van der Waals surface area contributed by atoms with E-state index in [9.17, 15) is 5.11 Å². The molecule has 0 amide bonds. The number of phenols is 1. The minimum absolute atomic E-state index is 0.0130. The van der Waals surface area contributed by atoms with E-state index < -0.39 is 0 Å². The van der Waals surface area contributed by atoms with Crippen LogP contribution in [0.4, 0.5) is 5.69 Å². The molecule has 0 aromatic heterocycles. The predicted molar refractivity (Wildman–Crippen MR) is 95.4 cm³/mol. The highest BCUT2D eigenvalue weighted by atomic mass is 35.5. The summed E-state index contributed by atoms with van der Waals surface area (Å²) >= 11 is 6.09. The monoisotopic (exact) mass is 313 g/mol. The third-order valence-corrected chi connectivity index (χ3v) is 3.59. The van der Waals surface area contributed by atoms with Gasteiger partial charge >= 0.3 is 0 Å². The van der Waals surface area contributed by atoms with Crippen LogP contribution in [0.1, 0.15) is 31.9 Å². The van der Waals surface area contributed by atoms with Crippen LogP contribution in [0.15, 0.2) is 53.5 Å².